The van der Waals surface area contributed by atoms with Crippen molar-refractivity contribution >= 4 is 65.4 Å². The van der Waals surface area contributed by atoms with Gasteiger partial charge in [-0.2, -0.15) is 0 Å². The zero-order valence-electron chi connectivity index (χ0n) is 27.7. The second-order valence-corrected chi connectivity index (χ2v) is 13.2. The Morgan fingerprint density at radius 3 is 1.69 bits per heavy atom. The molecule has 3 aromatic heterocycles. The maximum Gasteiger partial charge on any atom is 0.164 e. The Balaban J connectivity index is 1.17. The highest BCUT2D eigenvalue weighted by atomic mass is 16.3. The van der Waals surface area contributed by atoms with Crippen LogP contribution in [0.2, 0.25) is 0 Å². The molecule has 11 rings (SSSR count). The average Bonchev–Trinajstić information content (AvgIpc) is 3.79. The number of nitrogens with zero attached hydrogens (tertiary/aromatic N) is 3. The molecule has 0 atom stereocenters. The van der Waals surface area contributed by atoms with E-state index in [2.05, 4.69) is 115 Å². The summed E-state index contributed by atoms with van der Waals surface area (Å²) in [5, 5.41) is 8.58. The van der Waals surface area contributed by atoms with Crippen molar-refractivity contribution in [3.8, 4) is 45.3 Å². The van der Waals surface area contributed by atoms with Crippen LogP contribution in [-0.2, 0) is 0 Å². The second-order valence-electron chi connectivity index (χ2n) is 13.2. The number of para-hydroxylation sites is 2. The predicted octanol–water partition coefficient (Wildman–Crippen LogP) is 12.6. The molecule has 8 aromatic carbocycles. The molecule has 52 heavy (non-hydrogen) atoms. The molecule has 0 aliphatic rings. The van der Waals surface area contributed by atoms with E-state index in [9.17, 15) is 0 Å². The van der Waals surface area contributed by atoms with Gasteiger partial charge in [-0.3, -0.25) is 0 Å². The zero-order valence-corrected chi connectivity index (χ0v) is 27.7. The van der Waals surface area contributed by atoms with E-state index in [1.807, 2.05) is 48.5 Å². The van der Waals surface area contributed by atoms with Crippen LogP contribution in [0.4, 0.5) is 0 Å². The molecule has 0 fully saturated rings. The number of hydrogen-bond donors (Lipinski definition) is 0. The normalized spacial score (nSPS) is 11.8. The lowest BCUT2D eigenvalue weighted by atomic mass is 9.98. The molecule has 5 heteroatoms. The Bertz CT molecular complexity index is 3190. The van der Waals surface area contributed by atoms with Crippen molar-refractivity contribution in [1.82, 2.24) is 15.0 Å². The van der Waals surface area contributed by atoms with Gasteiger partial charge >= 0.3 is 0 Å². The van der Waals surface area contributed by atoms with Crippen molar-refractivity contribution in [2.24, 2.45) is 0 Å². The summed E-state index contributed by atoms with van der Waals surface area (Å²) in [5.74, 6) is 1.78. The molecule has 0 amide bonds. The van der Waals surface area contributed by atoms with Crippen LogP contribution in [-0.4, -0.2) is 15.0 Å². The first-order valence-electron chi connectivity index (χ1n) is 17.3. The molecule has 11 aromatic rings. The fraction of sp³-hybridized carbons (Fsp3) is 0. The van der Waals surface area contributed by atoms with E-state index in [-0.39, 0.29) is 0 Å². The van der Waals surface area contributed by atoms with Gasteiger partial charge in [-0.1, -0.05) is 121 Å². The van der Waals surface area contributed by atoms with Crippen LogP contribution in [0.5, 0.6) is 0 Å². The fourth-order valence-corrected chi connectivity index (χ4v) is 7.68. The van der Waals surface area contributed by atoms with Gasteiger partial charge in [0.15, 0.2) is 17.5 Å². The Kier molecular flexibility index (Phi) is 6.18. The lowest BCUT2D eigenvalue weighted by molar-refractivity contribution is 0.668. The van der Waals surface area contributed by atoms with E-state index >= 15 is 0 Å². The van der Waals surface area contributed by atoms with Crippen LogP contribution < -0.4 is 0 Å². The molecule has 0 saturated carbocycles. The third kappa shape index (κ3) is 4.46. The molecule has 0 saturated heterocycles. The lowest BCUT2D eigenvalue weighted by Crippen LogP contribution is -2.01. The standard InChI is InChI=1S/C47H27N3O2/c1-2-10-28(11-3-1)30-22-20-29-21-23-31(27-32(29)26-30)45-48-46(50-47(49-45)38-16-9-19-41-44(38)37-13-5-7-18-40(37)51-41)35-15-8-14-34-33(35)24-25-42-43(34)36-12-4-6-17-39(36)52-42/h1-27H. The van der Waals surface area contributed by atoms with E-state index < -0.39 is 0 Å². The quantitative estimate of drug-likeness (QED) is 0.187. The monoisotopic (exact) mass is 665 g/mol. The molecule has 242 valence electrons. The van der Waals surface area contributed by atoms with Crippen LogP contribution in [0.1, 0.15) is 0 Å². The van der Waals surface area contributed by atoms with Crippen molar-refractivity contribution in [3.05, 3.63) is 164 Å². The summed E-state index contributed by atoms with van der Waals surface area (Å²) in [5.41, 5.74) is 8.41. The minimum absolute atomic E-state index is 0.585. The maximum atomic E-state index is 6.29. The number of benzene rings is 8. The van der Waals surface area contributed by atoms with Gasteiger partial charge < -0.3 is 8.83 Å². The Morgan fingerprint density at radius 1 is 0.308 bits per heavy atom. The molecule has 0 bridgehead atoms. The molecule has 0 unspecified atom stereocenters. The summed E-state index contributed by atoms with van der Waals surface area (Å²) in [4.78, 5) is 15.7. The molecule has 0 N–H and O–H groups in total. The van der Waals surface area contributed by atoms with Crippen LogP contribution in [0, 0.1) is 0 Å². The zero-order chi connectivity index (χ0) is 34.2. The minimum atomic E-state index is 0.585. The number of hydrogen-bond acceptors (Lipinski definition) is 5. The topological polar surface area (TPSA) is 65.0 Å². The van der Waals surface area contributed by atoms with Crippen LogP contribution in [0.3, 0.4) is 0 Å². The predicted molar refractivity (Wildman–Crippen MR) is 211 cm³/mol. The average molecular weight is 666 g/mol. The summed E-state index contributed by atoms with van der Waals surface area (Å²) < 4.78 is 12.5. The summed E-state index contributed by atoms with van der Waals surface area (Å²) in [6, 6.07) is 56.4. The summed E-state index contributed by atoms with van der Waals surface area (Å²) in [6.45, 7) is 0. The molecule has 0 spiro atoms. The van der Waals surface area contributed by atoms with Crippen LogP contribution >= 0.6 is 0 Å². The van der Waals surface area contributed by atoms with Gasteiger partial charge in [0.25, 0.3) is 0 Å². The van der Waals surface area contributed by atoms with E-state index in [1.165, 1.54) is 5.56 Å². The molecule has 3 heterocycles. The molecule has 5 nitrogen and oxygen atoms in total. The van der Waals surface area contributed by atoms with Gasteiger partial charge in [0, 0.05) is 38.2 Å². The summed E-state index contributed by atoms with van der Waals surface area (Å²) in [7, 11) is 0. The molecule has 0 radical (unpaired) electrons. The van der Waals surface area contributed by atoms with Gasteiger partial charge in [-0.15, -0.1) is 0 Å². The second kappa shape index (κ2) is 11.2. The van der Waals surface area contributed by atoms with E-state index in [0.29, 0.717) is 17.5 Å². The van der Waals surface area contributed by atoms with E-state index in [1.54, 1.807) is 0 Å². The van der Waals surface area contributed by atoms with Crippen molar-refractivity contribution in [1.29, 1.82) is 0 Å². The number of furan rings is 2. The third-order valence-corrected chi connectivity index (χ3v) is 10.1. The first-order chi connectivity index (χ1) is 25.7. The van der Waals surface area contributed by atoms with Crippen molar-refractivity contribution in [2.45, 2.75) is 0 Å². The summed E-state index contributed by atoms with van der Waals surface area (Å²) >= 11 is 0. The smallest absolute Gasteiger partial charge is 0.164 e. The fourth-order valence-electron chi connectivity index (χ4n) is 7.68. The van der Waals surface area contributed by atoms with Crippen molar-refractivity contribution < 1.29 is 8.83 Å². The number of rotatable bonds is 4. The summed E-state index contributed by atoms with van der Waals surface area (Å²) in [6.07, 6.45) is 0. The minimum Gasteiger partial charge on any atom is -0.456 e. The highest BCUT2D eigenvalue weighted by Crippen LogP contribution is 2.40. The highest BCUT2D eigenvalue weighted by molar-refractivity contribution is 6.20. The number of aromatic nitrogens is 3. The third-order valence-electron chi connectivity index (χ3n) is 10.1. The molecule has 0 aliphatic heterocycles. The number of fused-ring (bicyclic) bond motifs is 9. The first kappa shape index (κ1) is 28.7. The van der Waals surface area contributed by atoms with Gasteiger partial charge in [-0.05, 0) is 75.1 Å². The van der Waals surface area contributed by atoms with E-state index in [0.717, 1.165) is 87.7 Å². The Labute approximate surface area is 297 Å². The Hall–Kier alpha value is -7.11. The van der Waals surface area contributed by atoms with Gasteiger partial charge in [0.1, 0.15) is 22.3 Å². The van der Waals surface area contributed by atoms with Gasteiger partial charge in [0.05, 0.1) is 0 Å². The molecular formula is C47H27N3O2. The van der Waals surface area contributed by atoms with Crippen molar-refractivity contribution in [2.75, 3.05) is 0 Å². The van der Waals surface area contributed by atoms with E-state index in [4.69, 9.17) is 23.8 Å². The van der Waals surface area contributed by atoms with Gasteiger partial charge in [-0.25, -0.2) is 15.0 Å². The molecule has 0 aliphatic carbocycles. The maximum absolute atomic E-state index is 6.29. The SMILES string of the molecule is c1ccc(-c2ccc3ccc(-c4nc(-c5cccc6c5ccc5oc7ccccc7c56)nc(-c5cccc6oc7ccccc7c56)n4)cc3c2)cc1. The first-order valence-corrected chi connectivity index (χ1v) is 17.3. The molecular weight excluding hydrogens is 639 g/mol. The van der Waals surface area contributed by atoms with Crippen LogP contribution in [0.15, 0.2) is 173 Å². The largest absolute Gasteiger partial charge is 0.456 e. The lowest BCUT2D eigenvalue weighted by Gasteiger charge is -2.12. The highest BCUT2D eigenvalue weighted by Gasteiger charge is 2.20. The van der Waals surface area contributed by atoms with Crippen LogP contribution in [0.25, 0.3) is 111 Å². The van der Waals surface area contributed by atoms with Crippen molar-refractivity contribution in [3.63, 3.8) is 0 Å². The Morgan fingerprint density at radius 2 is 0.885 bits per heavy atom. The van der Waals surface area contributed by atoms with Gasteiger partial charge in [0.2, 0.25) is 0 Å².